The van der Waals surface area contributed by atoms with Gasteiger partial charge in [-0.25, -0.2) is 4.79 Å². The Morgan fingerprint density at radius 2 is 1.85 bits per heavy atom. The number of esters is 1. The van der Waals surface area contributed by atoms with Gasteiger partial charge in [0, 0.05) is 32.0 Å². The highest BCUT2D eigenvalue weighted by atomic mass is 16.5. The monoisotopic (exact) mass is 362 g/mol. The zero-order valence-corrected chi connectivity index (χ0v) is 15.6. The van der Waals surface area contributed by atoms with E-state index in [4.69, 9.17) is 9.15 Å². The van der Waals surface area contributed by atoms with Gasteiger partial charge in [0.1, 0.15) is 17.1 Å². The summed E-state index contributed by atoms with van der Waals surface area (Å²) in [5.74, 6) is 1.07. The van der Waals surface area contributed by atoms with E-state index in [1.165, 1.54) is 7.11 Å². The second-order valence-electron chi connectivity index (χ2n) is 7.24. The predicted octanol–water partition coefficient (Wildman–Crippen LogP) is 1.98. The molecule has 2 amide bonds. The van der Waals surface area contributed by atoms with Gasteiger partial charge in [-0.2, -0.15) is 0 Å². The number of hydrogen-bond donors (Lipinski definition) is 0. The van der Waals surface area contributed by atoms with Crippen molar-refractivity contribution in [3.05, 3.63) is 23.2 Å². The van der Waals surface area contributed by atoms with Gasteiger partial charge in [-0.05, 0) is 38.7 Å². The zero-order valence-electron chi connectivity index (χ0n) is 15.6. The number of rotatable bonds is 5. The van der Waals surface area contributed by atoms with Crippen molar-refractivity contribution in [3.63, 3.8) is 0 Å². The molecule has 3 rings (SSSR count). The summed E-state index contributed by atoms with van der Waals surface area (Å²) >= 11 is 0. The lowest BCUT2D eigenvalue weighted by molar-refractivity contribution is -0.140. The first-order valence-corrected chi connectivity index (χ1v) is 9.12. The van der Waals surface area contributed by atoms with Crippen molar-refractivity contribution in [1.29, 1.82) is 0 Å². The summed E-state index contributed by atoms with van der Waals surface area (Å²) < 4.78 is 10.3. The van der Waals surface area contributed by atoms with E-state index >= 15 is 0 Å². The molecule has 0 N–H and O–H groups in total. The average molecular weight is 362 g/mol. The Hall–Kier alpha value is -2.31. The van der Waals surface area contributed by atoms with Crippen molar-refractivity contribution in [3.8, 4) is 0 Å². The van der Waals surface area contributed by atoms with Crippen LogP contribution in [-0.4, -0.2) is 54.8 Å². The average Bonchev–Trinajstić information content (AvgIpc) is 3.43. The van der Waals surface area contributed by atoms with Crippen LogP contribution < -0.4 is 0 Å². The topological polar surface area (TPSA) is 80.1 Å². The van der Waals surface area contributed by atoms with Crippen molar-refractivity contribution >= 4 is 17.8 Å². The van der Waals surface area contributed by atoms with Crippen LogP contribution in [0.1, 0.15) is 47.6 Å². The van der Waals surface area contributed by atoms with Gasteiger partial charge in [-0.15, -0.1) is 0 Å². The van der Waals surface area contributed by atoms with Crippen LogP contribution in [0.4, 0.5) is 0 Å². The third kappa shape index (κ3) is 3.92. The smallest absolute Gasteiger partial charge is 0.341 e. The van der Waals surface area contributed by atoms with Gasteiger partial charge in [0.25, 0.3) is 0 Å². The van der Waals surface area contributed by atoms with Crippen molar-refractivity contribution in [2.45, 2.75) is 39.2 Å². The van der Waals surface area contributed by atoms with E-state index in [0.29, 0.717) is 49.6 Å². The lowest BCUT2D eigenvalue weighted by atomic mass is 9.95. The summed E-state index contributed by atoms with van der Waals surface area (Å²) in [6, 6.07) is 1.63. The number of hydrogen-bond acceptors (Lipinski definition) is 5. The normalized spacial score (nSPS) is 17.9. The molecule has 0 bridgehead atoms. The van der Waals surface area contributed by atoms with E-state index in [0.717, 1.165) is 12.8 Å². The molecule has 2 heterocycles. The van der Waals surface area contributed by atoms with Gasteiger partial charge in [0.15, 0.2) is 0 Å². The Morgan fingerprint density at radius 3 is 2.42 bits per heavy atom. The Morgan fingerprint density at radius 1 is 1.19 bits per heavy atom. The maximum absolute atomic E-state index is 12.7. The van der Waals surface area contributed by atoms with Crippen LogP contribution in [0.15, 0.2) is 10.5 Å². The molecule has 0 spiro atoms. The molecule has 142 valence electrons. The molecular formula is C19H26N2O5. The first-order valence-electron chi connectivity index (χ1n) is 9.12. The molecule has 2 fully saturated rings. The molecule has 0 atom stereocenters. The molecule has 7 heteroatoms. The lowest BCUT2D eigenvalue weighted by Crippen LogP contribution is -2.43. The number of piperidine rings is 1. The molecule has 0 radical (unpaired) electrons. The fraction of sp³-hybridized carbons (Fsp3) is 0.632. The number of furan rings is 1. The van der Waals surface area contributed by atoms with Gasteiger partial charge >= 0.3 is 5.97 Å². The van der Waals surface area contributed by atoms with Gasteiger partial charge < -0.3 is 19.0 Å². The van der Waals surface area contributed by atoms with E-state index in [1.54, 1.807) is 24.9 Å². The first kappa shape index (κ1) is 18.5. The van der Waals surface area contributed by atoms with Crippen molar-refractivity contribution < 1.29 is 23.5 Å². The molecule has 2 aliphatic rings. The quantitative estimate of drug-likeness (QED) is 0.748. The molecule has 1 saturated carbocycles. The predicted molar refractivity (Wildman–Crippen MR) is 93.3 cm³/mol. The summed E-state index contributed by atoms with van der Waals surface area (Å²) in [4.78, 5) is 40.0. The van der Waals surface area contributed by atoms with E-state index in [2.05, 4.69) is 0 Å². The highest BCUT2D eigenvalue weighted by molar-refractivity contribution is 5.90. The minimum absolute atomic E-state index is 0.0530. The summed E-state index contributed by atoms with van der Waals surface area (Å²) in [5.41, 5.74) is 0.384. The van der Waals surface area contributed by atoms with Crippen LogP contribution in [0.25, 0.3) is 0 Å². The molecule has 0 aromatic carbocycles. The minimum Gasteiger partial charge on any atom is -0.465 e. The molecular weight excluding hydrogens is 336 g/mol. The molecule has 26 heavy (non-hydrogen) atoms. The van der Waals surface area contributed by atoms with Crippen molar-refractivity contribution in [2.24, 2.45) is 11.8 Å². The Bertz CT molecular complexity index is 699. The van der Waals surface area contributed by atoms with E-state index in [1.807, 2.05) is 4.90 Å². The number of carbonyl (C=O) groups is 3. The van der Waals surface area contributed by atoms with E-state index in [9.17, 15) is 14.4 Å². The highest BCUT2D eigenvalue weighted by Crippen LogP contribution is 2.32. The van der Waals surface area contributed by atoms with Gasteiger partial charge in [-0.1, -0.05) is 0 Å². The summed E-state index contributed by atoms with van der Waals surface area (Å²) in [5, 5.41) is 0. The van der Waals surface area contributed by atoms with Crippen LogP contribution in [-0.2, 0) is 20.9 Å². The number of ether oxygens (including phenoxy) is 1. The largest absolute Gasteiger partial charge is 0.465 e. The Balaban J connectivity index is 1.53. The number of methoxy groups -OCH3 is 1. The summed E-state index contributed by atoms with van der Waals surface area (Å²) in [6.07, 6.45) is 3.42. The van der Waals surface area contributed by atoms with Crippen LogP contribution in [0.2, 0.25) is 0 Å². The van der Waals surface area contributed by atoms with Crippen LogP contribution in [0, 0.1) is 18.8 Å². The molecule has 7 nitrogen and oxygen atoms in total. The Kier molecular flexibility index (Phi) is 5.34. The highest BCUT2D eigenvalue weighted by Gasteiger charge is 2.36. The third-order valence-electron chi connectivity index (χ3n) is 5.23. The number of aryl methyl sites for hydroxylation is 1. The molecule has 1 aromatic rings. The van der Waals surface area contributed by atoms with Gasteiger partial charge in [0.2, 0.25) is 11.8 Å². The second kappa shape index (κ2) is 7.51. The number of carbonyl (C=O) groups excluding carboxylic acids is 3. The second-order valence-corrected chi connectivity index (χ2v) is 7.24. The van der Waals surface area contributed by atoms with E-state index < -0.39 is 5.97 Å². The number of likely N-dealkylation sites (tertiary alicyclic amines) is 1. The minimum atomic E-state index is -0.445. The standard InChI is InChI=1S/C19H26N2O5/c1-12-16(19(24)25-3)10-15(26-12)11-20(2)17(22)14-6-8-21(9-7-14)18(23)13-4-5-13/h10,13-14H,4-9,11H2,1-3H3. The third-order valence-corrected chi connectivity index (χ3v) is 5.23. The Labute approximate surface area is 153 Å². The molecule has 0 unspecified atom stereocenters. The van der Waals surface area contributed by atoms with Gasteiger partial charge in [0.05, 0.1) is 13.7 Å². The lowest BCUT2D eigenvalue weighted by Gasteiger charge is -2.33. The summed E-state index contributed by atoms with van der Waals surface area (Å²) in [6.45, 7) is 3.32. The zero-order chi connectivity index (χ0) is 18.8. The summed E-state index contributed by atoms with van der Waals surface area (Å²) in [7, 11) is 3.06. The number of nitrogens with zero attached hydrogens (tertiary/aromatic N) is 2. The fourth-order valence-electron chi connectivity index (χ4n) is 3.49. The maximum atomic E-state index is 12.7. The SMILES string of the molecule is COC(=O)c1cc(CN(C)C(=O)C2CCN(C(=O)C3CC3)CC2)oc1C. The van der Waals surface area contributed by atoms with Gasteiger partial charge in [-0.3, -0.25) is 9.59 Å². The van der Waals surface area contributed by atoms with E-state index in [-0.39, 0.29) is 23.7 Å². The van der Waals surface area contributed by atoms with Crippen molar-refractivity contribution in [2.75, 3.05) is 27.2 Å². The maximum Gasteiger partial charge on any atom is 0.341 e. The van der Waals surface area contributed by atoms with Crippen LogP contribution >= 0.6 is 0 Å². The van der Waals surface area contributed by atoms with Crippen molar-refractivity contribution in [1.82, 2.24) is 9.80 Å². The molecule has 1 aliphatic heterocycles. The molecule has 1 aromatic heterocycles. The number of amides is 2. The van der Waals surface area contributed by atoms with Crippen LogP contribution in [0.3, 0.4) is 0 Å². The molecule has 1 aliphatic carbocycles. The van der Waals surface area contributed by atoms with Crippen LogP contribution in [0.5, 0.6) is 0 Å². The first-order chi connectivity index (χ1) is 12.4. The fourth-order valence-corrected chi connectivity index (χ4v) is 3.49. The molecule has 1 saturated heterocycles.